The lowest BCUT2D eigenvalue weighted by atomic mass is 10.2. The number of ketones is 1. The van der Waals surface area contributed by atoms with E-state index in [0.717, 1.165) is 22.5 Å². The smallest absolute Gasteiger partial charge is 0.291 e. The maximum Gasteiger partial charge on any atom is 0.419 e. The highest BCUT2D eigenvalue weighted by Gasteiger charge is 2.34. The van der Waals surface area contributed by atoms with Crippen molar-refractivity contribution in [3.05, 3.63) is 51.6 Å². The standard InChI is InChI=1S/C17H15F4N7O4S/c1-28-16(30)23-13(24-28)11(29)3-2-6-33-15-12(26-32-27-15)14(25-31)22-8-4-5-10(18)9(7-8)17(19,20)21/h4-5,7,31H,2-3,6H2,1H3,(H,22,25)(H,23,24,30). The van der Waals surface area contributed by atoms with Crippen molar-refractivity contribution in [1.29, 1.82) is 0 Å². The van der Waals surface area contributed by atoms with E-state index in [9.17, 15) is 32.4 Å². The van der Waals surface area contributed by atoms with Gasteiger partial charge in [0, 0.05) is 19.2 Å². The topological polar surface area (TPSA) is 151 Å². The average molecular weight is 489 g/mol. The molecule has 0 atom stereocenters. The second kappa shape index (κ2) is 9.95. The van der Waals surface area contributed by atoms with Crippen LogP contribution in [0.1, 0.15) is 34.7 Å². The molecule has 0 bridgehead atoms. The summed E-state index contributed by atoms with van der Waals surface area (Å²) in [6.45, 7) is 0. The van der Waals surface area contributed by atoms with Crippen molar-refractivity contribution >= 4 is 29.1 Å². The number of hydroxylamine groups is 1. The van der Waals surface area contributed by atoms with Crippen LogP contribution in [0.4, 0.5) is 23.2 Å². The molecule has 0 amide bonds. The minimum absolute atomic E-state index is 0.0623. The summed E-state index contributed by atoms with van der Waals surface area (Å²) >= 11 is 1.07. The Balaban J connectivity index is 1.68. The number of Topliss-reactive ketones (excluding diaryl/α,β-unsaturated/α-hetero) is 1. The van der Waals surface area contributed by atoms with Crippen molar-refractivity contribution in [2.75, 3.05) is 5.75 Å². The number of halogens is 4. The largest absolute Gasteiger partial charge is 0.419 e. The van der Waals surface area contributed by atoms with Gasteiger partial charge in [-0.05, 0) is 34.9 Å². The summed E-state index contributed by atoms with van der Waals surface area (Å²) in [4.78, 5) is 29.5. The molecule has 1 aromatic carbocycles. The van der Waals surface area contributed by atoms with Gasteiger partial charge in [-0.1, -0.05) is 0 Å². The molecular weight excluding hydrogens is 474 g/mol. The third kappa shape index (κ3) is 5.83. The van der Waals surface area contributed by atoms with Gasteiger partial charge in [0.1, 0.15) is 5.82 Å². The van der Waals surface area contributed by atoms with Gasteiger partial charge in [0.2, 0.25) is 0 Å². The molecule has 33 heavy (non-hydrogen) atoms. The van der Waals surface area contributed by atoms with Gasteiger partial charge in [0.15, 0.2) is 28.2 Å². The summed E-state index contributed by atoms with van der Waals surface area (Å²) in [6, 6.07) is 2.05. The SMILES string of the molecule is Cn1nc(C(=O)CCCSc2nonc2C(=Nc2ccc(F)c(C(F)(F)F)c2)NO)[nH]c1=O. The molecule has 0 aliphatic heterocycles. The first-order valence-electron chi connectivity index (χ1n) is 9.08. The molecule has 176 valence electrons. The third-order valence-electron chi connectivity index (χ3n) is 4.11. The molecule has 16 heteroatoms. The van der Waals surface area contributed by atoms with Crippen LogP contribution >= 0.6 is 11.8 Å². The highest BCUT2D eigenvalue weighted by atomic mass is 32.2. The quantitative estimate of drug-likeness (QED) is 0.0824. The van der Waals surface area contributed by atoms with Crippen LogP contribution in [0.3, 0.4) is 0 Å². The Hall–Kier alpha value is -3.53. The lowest BCUT2D eigenvalue weighted by Gasteiger charge is -2.09. The van der Waals surface area contributed by atoms with E-state index in [1.807, 2.05) is 0 Å². The van der Waals surface area contributed by atoms with E-state index in [0.29, 0.717) is 24.3 Å². The third-order valence-corrected chi connectivity index (χ3v) is 5.14. The second-order valence-electron chi connectivity index (χ2n) is 6.43. The number of rotatable bonds is 8. The van der Waals surface area contributed by atoms with E-state index in [1.54, 1.807) is 5.48 Å². The minimum Gasteiger partial charge on any atom is -0.291 e. The van der Waals surface area contributed by atoms with Crippen LogP contribution in [0.25, 0.3) is 0 Å². The molecule has 11 nitrogen and oxygen atoms in total. The number of benzene rings is 1. The van der Waals surface area contributed by atoms with Gasteiger partial charge in [0.05, 0.1) is 11.3 Å². The highest BCUT2D eigenvalue weighted by molar-refractivity contribution is 7.99. The fraction of sp³-hybridized carbons (Fsp3) is 0.294. The summed E-state index contributed by atoms with van der Waals surface area (Å²) in [5.41, 5.74) is -0.753. The number of thioether (sulfide) groups is 1. The zero-order valence-corrected chi connectivity index (χ0v) is 17.5. The van der Waals surface area contributed by atoms with Crippen molar-refractivity contribution in [3.63, 3.8) is 0 Å². The molecule has 3 rings (SSSR count). The van der Waals surface area contributed by atoms with E-state index in [2.05, 4.69) is 30.0 Å². The van der Waals surface area contributed by atoms with Crippen LogP contribution in [-0.4, -0.2) is 47.7 Å². The molecule has 3 N–H and O–H groups in total. The molecule has 0 radical (unpaired) electrons. The number of carbonyl (C=O) groups excluding carboxylic acids is 1. The van der Waals surface area contributed by atoms with Gasteiger partial charge in [0.25, 0.3) is 0 Å². The predicted octanol–water partition coefficient (Wildman–Crippen LogP) is 2.46. The molecule has 0 saturated heterocycles. The van der Waals surface area contributed by atoms with E-state index in [1.165, 1.54) is 7.05 Å². The van der Waals surface area contributed by atoms with Crippen LogP contribution in [0, 0.1) is 5.82 Å². The normalized spacial score (nSPS) is 12.2. The van der Waals surface area contributed by atoms with Crippen molar-refractivity contribution in [2.45, 2.75) is 24.0 Å². The number of hydrogen-bond acceptors (Lipinski definition) is 9. The van der Waals surface area contributed by atoms with Crippen LogP contribution < -0.4 is 11.2 Å². The molecule has 0 saturated carbocycles. The van der Waals surface area contributed by atoms with E-state index in [-0.39, 0.29) is 40.3 Å². The van der Waals surface area contributed by atoms with Gasteiger partial charge < -0.3 is 0 Å². The molecule has 0 aliphatic rings. The zero-order chi connectivity index (χ0) is 24.2. The number of aliphatic imine (C=N–C) groups is 1. The number of nitrogens with zero attached hydrogens (tertiary/aromatic N) is 5. The fourth-order valence-electron chi connectivity index (χ4n) is 2.53. The first-order valence-corrected chi connectivity index (χ1v) is 10.1. The molecule has 0 unspecified atom stereocenters. The number of H-pyrrole nitrogens is 1. The summed E-state index contributed by atoms with van der Waals surface area (Å²) in [5, 5.41) is 20.5. The summed E-state index contributed by atoms with van der Waals surface area (Å²) in [7, 11) is 1.40. The molecular formula is C17H15F4N7O4S. The monoisotopic (exact) mass is 489 g/mol. The minimum atomic E-state index is -4.93. The van der Waals surface area contributed by atoms with Gasteiger partial charge in [-0.25, -0.2) is 23.5 Å². The van der Waals surface area contributed by atoms with Gasteiger partial charge in [-0.2, -0.15) is 13.2 Å². The lowest BCUT2D eigenvalue weighted by molar-refractivity contribution is -0.139. The Morgan fingerprint density at radius 3 is 2.76 bits per heavy atom. The lowest BCUT2D eigenvalue weighted by Crippen LogP contribution is -2.21. The Labute approximate surface area is 185 Å². The molecule has 2 aromatic heterocycles. The summed E-state index contributed by atoms with van der Waals surface area (Å²) in [6.07, 6.45) is -4.52. The van der Waals surface area contributed by atoms with Crippen molar-refractivity contribution in [2.24, 2.45) is 12.0 Å². The van der Waals surface area contributed by atoms with E-state index in [4.69, 9.17) is 0 Å². The number of nitrogens with one attached hydrogen (secondary N) is 2. The van der Waals surface area contributed by atoms with Gasteiger partial charge in [-0.3, -0.25) is 20.5 Å². The predicted molar refractivity (Wildman–Crippen MR) is 105 cm³/mol. The van der Waals surface area contributed by atoms with Crippen molar-refractivity contribution in [1.82, 2.24) is 30.6 Å². The highest BCUT2D eigenvalue weighted by Crippen LogP contribution is 2.34. The van der Waals surface area contributed by atoms with Gasteiger partial charge in [-0.15, -0.1) is 16.9 Å². The Bertz CT molecular complexity index is 1230. The van der Waals surface area contributed by atoms with Crippen LogP contribution in [0.2, 0.25) is 0 Å². The number of aryl methyl sites for hydroxylation is 1. The number of hydrogen-bond donors (Lipinski definition) is 3. The molecule has 3 aromatic rings. The first-order chi connectivity index (χ1) is 15.6. The Kier molecular flexibility index (Phi) is 7.27. The maximum atomic E-state index is 13.5. The molecule has 0 aliphatic carbocycles. The number of aromatic amines is 1. The van der Waals surface area contributed by atoms with Gasteiger partial charge >= 0.3 is 11.9 Å². The molecule has 2 heterocycles. The van der Waals surface area contributed by atoms with Crippen molar-refractivity contribution in [3.8, 4) is 0 Å². The number of aromatic nitrogens is 5. The summed E-state index contributed by atoms with van der Waals surface area (Å²) < 4.78 is 57.8. The van der Waals surface area contributed by atoms with Crippen LogP contribution in [0.5, 0.6) is 0 Å². The number of amidine groups is 1. The molecule has 0 fully saturated rings. The summed E-state index contributed by atoms with van der Waals surface area (Å²) in [5.74, 6) is -1.96. The number of alkyl halides is 3. The fourth-order valence-corrected chi connectivity index (χ4v) is 3.37. The Morgan fingerprint density at radius 2 is 2.12 bits per heavy atom. The maximum absolute atomic E-state index is 13.5. The number of carbonyl (C=O) groups is 1. The zero-order valence-electron chi connectivity index (χ0n) is 16.7. The second-order valence-corrected chi connectivity index (χ2v) is 7.51. The Morgan fingerprint density at radius 1 is 1.36 bits per heavy atom. The first kappa shape index (κ1) is 24.1. The molecule has 0 spiro atoms. The average Bonchev–Trinajstić information content (AvgIpc) is 3.36. The van der Waals surface area contributed by atoms with Crippen molar-refractivity contribution < 1.29 is 32.2 Å². The van der Waals surface area contributed by atoms with Crippen LogP contribution in [0.15, 0.2) is 37.6 Å². The van der Waals surface area contributed by atoms with E-state index < -0.39 is 23.2 Å². The van der Waals surface area contributed by atoms with E-state index >= 15 is 0 Å². The van der Waals surface area contributed by atoms with Crippen LogP contribution in [-0.2, 0) is 13.2 Å².